The number of fused-ring (bicyclic) bond motifs is 1. The van der Waals surface area contributed by atoms with Gasteiger partial charge >= 0.3 is 0 Å². The number of nitriles is 1. The Hall–Kier alpha value is -1.92. The second-order valence-corrected chi connectivity index (χ2v) is 6.83. The Morgan fingerprint density at radius 3 is 2.86 bits per heavy atom. The fourth-order valence-corrected chi connectivity index (χ4v) is 3.69. The molecule has 0 radical (unpaired) electrons. The number of hydrogen-bond acceptors (Lipinski definition) is 3. The van der Waals surface area contributed by atoms with Crippen molar-refractivity contribution in [3.8, 4) is 11.8 Å². The summed E-state index contributed by atoms with van der Waals surface area (Å²) < 4.78 is 6.12. The molecule has 112 valence electrons. The molecule has 0 saturated heterocycles. The van der Waals surface area contributed by atoms with Crippen LogP contribution in [0.25, 0.3) is 0 Å². The van der Waals surface area contributed by atoms with Gasteiger partial charge in [0, 0.05) is 23.0 Å². The Kier molecular flexibility index (Phi) is 4.70. The molecule has 0 amide bonds. The van der Waals surface area contributed by atoms with Crippen molar-refractivity contribution in [1.29, 1.82) is 5.26 Å². The maximum absolute atomic E-state index is 8.79. The van der Waals surface area contributed by atoms with Gasteiger partial charge in [-0.25, -0.2) is 0 Å². The van der Waals surface area contributed by atoms with Gasteiger partial charge in [-0.05, 0) is 29.3 Å². The molecule has 0 aliphatic carbocycles. The standard InChI is InChI=1S/C19H19NOS/c1-14(13-22-17-5-3-2-4-6-17)18-12-16-8-7-15(9-10-20)11-19(16)21-18/h2-8,11,14,18H,9,12-13H2,1H3/t14-,18-/m1/s1. The van der Waals surface area contributed by atoms with Crippen LogP contribution >= 0.6 is 11.8 Å². The van der Waals surface area contributed by atoms with Crippen molar-refractivity contribution < 1.29 is 4.74 Å². The smallest absolute Gasteiger partial charge is 0.123 e. The Bertz CT molecular complexity index is 678. The highest BCUT2D eigenvalue weighted by atomic mass is 32.2. The molecule has 2 atom stereocenters. The minimum atomic E-state index is 0.239. The first-order chi connectivity index (χ1) is 10.8. The van der Waals surface area contributed by atoms with Gasteiger partial charge in [-0.3, -0.25) is 0 Å². The average molecular weight is 309 g/mol. The molecule has 22 heavy (non-hydrogen) atoms. The molecule has 0 unspecified atom stereocenters. The molecule has 0 N–H and O–H groups in total. The van der Waals surface area contributed by atoms with Crippen LogP contribution in [0.5, 0.6) is 5.75 Å². The van der Waals surface area contributed by atoms with Crippen molar-refractivity contribution in [1.82, 2.24) is 0 Å². The molecular weight excluding hydrogens is 290 g/mol. The highest BCUT2D eigenvalue weighted by Crippen LogP contribution is 2.34. The lowest BCUT2D eigenvalue weighted by Crippen LogP contribution is -2.24. The largest absolute Gasteiger partial charge is 0.489 e. The summed E-state index contributed by atoms with van der Waals surface area (Å²) in [5, 5.41) is 8.79. The van der Waals surface area contributed by atoms with E-state index < -0.39 is 0 Å². The van der Waals surface area contributed by atoms with Gasteiger partial charge < -0.3 is 4.74 Å². The van der Waals surface area contributed by atoms with E-state index in [9.17, 15) is 0 Å². The predicted molar refractivity (Wildman–Crippen MR) is 90.2 cm³/mol. The molecule has 3 heteroatoms. The van der Waals surface area contributed by atoms with Crippen molar-refractivity contribution in [3.63, 3.8) is 0 Å². The zero-order valence-electron chi connectivity index (χ0n) is 12.7. The van der Waals surface area contributed by atoms with Crippen molar-refractivity contribution in [2.45, 2.75) is 30.8 Å². The number of rotatable bonds is 5. The topological polar surface area (TPSA) is 33.0 Å². The van der Waals surface area contributed by atoms with E-state index in [1.54, 1.807) is 0 Å². The van der Waals surface area contributed by atoms with E-state index in [1.165, 1.54) is 10.5 Å². The molecule has 0 saturated carbocycles. The van der Waals surface area contributed by atoms with Crippen molar-refractivity contribution in [2.24, 2.45) is 5.92 Å². The molecule has 1 aliphatic heterocycles. The molecule has 2 aromatic rings. The third-order valence-electron chi connectivity index (χ3n) is 4.00. The molecule has 1 heterocycles. The summed E-state index contributed by atoms with van der Waals surface area (Å²) in [7, 11) is 0. The minimum absolute atomic E-state index is 0.239. The molecule has 0 bridgehead atoms. The first-order valence-corrected chi connectivity index (χ1v) is 8.58. The zero-order chi connectivity index (χ0) is 15.4. The van der Waals surface area contributed by atoms with E-state index in [1.807, 2.05) is 30.0 Å². The maximum Gasteiger partial charge on any atom is 0.123 e. The van der Waals surface area contributed by atoms with E-state index in [-0.39, 0.29) is 6.10 Å². The fraction of sp³-hybridized carbons (Fsp3) is 0.316. The van der Waals surface area contributed by atoms with Crippen molar-refractivity contribution in [2.75, 3.05) is 5.75 Å². The highest BCUT2D eigenvalue weighted by Gasteiger charge is 2.27. The summed E-state index contributed by atoms with van der Waals surface area (Å²) in [6.45, 7) is 2.25. The Morgan fingerprint density at radius 1 is 1.27 bits per heavy atom. The van der Waals surface area contributed by atoms with E-state index >= 15 is 0 Å². The summed E-state index contributed by atoms with van der Waals surface area (Å²) in [6, 6.07) is 18.9. The van der Waals surface area contributed by atoms with E-state index in [0.717, 1.165) is 23.5 Å². The normalized spacial score (nSPS) is 17.4. The number of nitrogens with zero attached hydrogens (tertiary/aromatic N) is 1. The van der Waals surface area contributed by atoms with Gasteiger partial charge in [0.25, 0.3) is 0 Å². The van der Waals surface area contributed by atoms with Gasteiger partial charge in [0.2, 0.25) is 0 Å². The number of thioether (sulfide) groups is 1. The monoisotopic (exact) mass is 309 g/mol. The van der Waals surface area contributed by atoms with E-state index in [2.05, 4.69) is 43.3 Å². The van der Waals surface area contributed by atoms with E-state index in [4.69, 9.17) is 10.00 Å². The average Bonchev–Trinajstić information content (AvgIpc) is 2.97. The molecular formula is C19H19NOS. The highest BCUT2D eigenvalue weighted by molar-refractivity contribution is 7.99. The Morgan fingerprint density at radius 2 is 2.09 bits per heavy atom. The first kappa shape index (κ1) is 15.0. The SMILES string of the molecule is C[C@H](CSc1ccccc1)[C@H]1Cc2ccc(CC#N)cc2O1. The third-order valence-corrected chi connectivity index (χ3v) is 5.30. The summed E-state index contributed by atoms with van der Waals surface area (Å²) in [5.41, 5.74) is 2.30. The summed E-state index contributed by atoms with van der Waals surface area (Å²) in [5.74, 6) is 2.50. The lowest BCUT2D eigenvalue weighted by molar-refractivity contribution is 0.181. The number of benzene rings is 2. The van der Waals surface area contributed by atoms with Gasteiger partial charge in [-0.15, -0.1) is 11.8 Å². The fourth-order valence-electron chi connectivity index (χ4n) is 2.67. The minimum Gasteiger partial charge on any atom is -0.489 e. The maximum atomic E-state index is 8.79. The summed E-state index contributed by atoms with van der Waals surface area (Å²) in [4.78, 5) is 1.31. The molecule has 2 nitrogen and oxygen atoms in total. The molecule has 1 aliphatic rings. The lowest BCUT2D eigenvalue weighted by atomic mass is 10.0. The number of ether oxygens (including phenoxy) is 1. The van der Waals surface area contributed by atoms with Gasteiger partial charge in [0.15, 0.2) is 0 Å². The lowest BCUT2D eigenvalue weighted by Gasteiger charge is -2.18. The molecule has 0 spiro atoms. The first-order valence-electron chi connectivity index (χ1n) is 7.59. The van der Waals surface area contributed by atoms with E-state index in [0.29, 0.717) is 12.3 Å². The van der Waals surface area contributed by atoms with Crippen LogP contribution in [0.2, 0.25) is 0 Å². The van der Waals surface area contributed by atoms with Gasteiger partial charge in [0.05, 0.1) is 12.5 Å². The van der Waals surface area contributed by atoms with Gasteiger partial charge in [0.1, 0.15) is 11.9 Å². The van der Waals surface area contributed by atoms with Crippen molar-refractivity contribution >= 4 is 11.8 Å². The summed E-state index contributed by atoms with van der Waals surface area (Å²) in [6.07, 6.45) is 1.66. The van der Waals surface area contributed by atoms with Crippen LogP contribution in [0, 0.1) is 17.2 Å². The second kappa shape index (κ2) is 6.89. The third kappa shape index (κ3) is 3.45. The van der Waals surface area contributed by atoms with Gasteiger partial charge in [-0.2, -0.15) is 5.26 Å². The zero-order valence-corrected chi connectivity index (χ0v) is 13.5. The molecule has 3 rings (SSSR count). The quantitative estimate of drug-likeness (QED) is 0.763. The molecule has 0 aromatic heterocycles. The molecule has 0 fully saturated rings. The van der Waals surface area contributed by atoms with Crippen LogP contribution in [0.3, 0.4) is 0 Å². The second-order valence-electron chi connectivity index (χ2n) is 5.74. The van der Waals surface area contributed by atoms with Crippen molar-refractivity contribution in [3.05, 3.63) is 59.7 Å². The summed E-state index contributed by atoms with van der Waals surface area (Å²) >= 11 is 1.88. The van der Waals surface area contributed by atoms with Crippen LogP contribution in [0.15, 0.2) is 53.4 Å². The van der Waals surface area contributed by atoms with Crippen LogP contribution < -0.4 is 4.74 Å². The number of hydrogen-bond donors (Lipinski definition) is 0. The van der Waals surface area contributed by atoms with Crippen LogP contribution in [-0.4, -0.2) is 11.9 Å². The Labute approximate surface area is 136 Å². The predicted octanol–water partition coefficient (Wildman–Crippen LogP) is 4.48. The Balaban J connectivity index is 1.59. The molecule has 2 aromatic carbocycles. The van der Waals surface area contributed by atoms with Crippen LogP contribution in [0.4, 0.5) is 0 Å². The van der Waals surface area contributed by atoms with Crippen LogP contribution in [0.1, 0.15) is 18.1 Å². The van der Waals surface area contributed by atoms with Gasteiger partial charge in [-0.1, -0.05) is 37.3 Å². The van der Waals surface area contributed by atoms with Crippen LogP contribution in [-0.2, 0) is 12.8 Å².